The largest absolute Gasteiger partial charge is 0.273 e. The van der Waals surface area contributed by atoms with E-state index in [1.807, 2.05) is 24.3 Å². The molecule has 1 saturated carbocycles. The zero-order valence-electron chi connectivity index (χ0n) is 12.8. The van der Waals surface area contributed by atoms with Crippen molar-refractivity contribution in [3.63, 3.8) is 0 Å². The van der Waals surface area contributed by atoms with Crippen molar-refractivity contribution in [1.29, 1.82) is 0 Å². The molecular formula is C16H21N5O. The molecule has 22 heavy (non-hydrogen) atoms. The lowest BCUT2D eigenvalue weighted by atomic mass is 9.89. The summed E-state index contributed by atoms with van der Waals surface area (Å²) in [5.41, 5.74) is 5.59. The van der Waals surface area contributed by atoms with Crippen LogP contribution in [0.2, 0.25) is 0 Å². The number of aryl methyl sites for hydroxylation is 1. The Morgan fingerprint density at radius 1 is 1.41 bits per heavy atom. The quantitative estimate of drug-likeness (QED) is 0.882. The molecule has 1 atom stereocenters. The molecule has 1 N–H and O–H groups in total. The average molecular weight is 299 g/mol. The van der Waals surface area contributed by atoms with Crippen LogP contribution in [-0.4, -0.2) is 26.6 Å². The van der Waals surface area contributed by atoms with E-state index in [4.69, 9.17) is 0 Å². The minimum Gasteiger partial charge on any atom is -0.273 e. The van der Waals surface area contributed by atoms with E-state index in [2.05, 4.69) is 27.8 Å². The first-order valence-corrected chi connectivity index (χ1v) is 7.87. The van der Waals surface area contributed by atoms with Crippen LogP contribution in [0.1, 0.15) is 39.0 Å². The number of nitrogens with one attached hydrogen (secondary N) is 1. The van der Waals surface area contributed by atoms with Gasteiger partial charge in [-0.1, -0.05) is 30.7 Å². The topological polar surface area (TPSA) is 72.2 Å². The molecule has 1 aromatic heterocycles. The highest BCUT2D eigenvalue weighted by molar-refractivity contribution is 5.88. The molecule has 1 aliphatic carbocycles. The minimum atomic E-state index is -0.0788. The van der Waals surface area contributed by atoms with Crippen molar-refractivity contribution in [1.82, 2.24) is 20.4 Å². The molecule has 1 aliphatic rings. The molecule has 6 heteroatoms. The Morgan fingerprint density at radius 3 is 3.14 bits per heavy atom. The molecule has 0 bridgehead atoms. The van der Waals surface area contributed by atoms with Crippen molar-refractivity contribution >= 4 is 22.7 Å². The Hall–Kier alpha value is -2.24. The summed E-state index contributed by atoms with van der Waals surface area (Å²) in [4.78, 5) is 11.9. The Morgan fingerprint density at radius 2 is 2.27 bits per heavy atom. The van der Waals surface area contributed by atoms with Crippen molar-refractivity contribution in [2.75, 3.05) is 0 Å². The minimum absolute atomic E-state index is 0.0788. The van der Waals surface area contributed by atoms with Gasteiger partial charge in [0.05, 0.1) is 12.1 Å². The third-order valence-electron chi connectivity index (χ3n) is 4.18. The van der Waals surface area contributed by atoms with Crippen LogP contribution in [0.5, 0.6) is 0 Å². The fourth-order valence-corrected chi connectivity index (χ4v) is 2.82. The van der Waals surface area contributed by atoms with Crippen molar-refractivity contribution in [2.45, 2.75) is 45.6 Å². The van der Waals surface area contributed by atoms with E-state index in [0.717, 1.165) is 23.2 Å². The predicted molar refractivity (Wildman–Crippen MR) is 85.4 cm³/mol. The predicted octanol–water partition coefficient (Wildman–Crippen LogP) is 2.50. The Labute approximate surface area is 129 Å². The average Bonchev–Trinajstić information content (AvgIpc) is 2.95. The maximum atomic E-state index is 11.9. The van der Waals surface area contributed by atoms with E-state index >= 15 is 0 Å². The molecule has 3 rings (SSSR count). The summed E-state index contributed by atoms with van der Waals surface area (Å²) in [6, 6.07) is 7.74. The van der Waals surface area contributed by atoms with Gasteiger partial charge in [0, 0.05) is 12.1 Å². The molecular weight excluding hydrogens is 278 g/mol. The van der Waals surface area contributed by atoms with Crippen LogP contribution in [0.3, 0.4) is 0 Å². The van der Waals surface area contributed by atoms with Crippen LogP contribution in [0.25, 0.3) is 11.0 Å². The van der Waals surface area contributed by atoms with E-state index in [0.29, 0.717) is 18.9 Å². The van der Waals surface area contributed by atoms with Gasteiger partial charge in [0.25, 0.3) is 0 Å². The first-order chi connectivity index (χ1) is 10.7. The monoisotopic (exact) mass is 299 g/mol. The third kappa shape index (κ3) is 3.32. The van der Waals surface area contributed by atoms with Gasteiger partial charge in [0.2, 0.25) is 5.91 Å². The number of aromatic nitrogens is 3. The standard InChI is InChI=1S/C16H21N5O/c1-12-6-2-3-7-13(12)17-19-16(22)10-11-21-15-9-5-4-8-14(15)18-20-21/h4-5,8-9,12H,2-3,6-7,10-11H2,1H3,(H,19,22)/t12-/m1/s1. The number of amides is 1. The number of hydrogen-bond acceptors (Lipinski definition) is 4. The van der Waals surface area contributed by atoms with E-state index in [-0.39, 0.29) is 5.91 Å². The SMILES string of the molecule is C[C@@H]1CCCCC1=NNC(=O)CCn1nnc2ccccc21. The molecule has 0 unspecified atom stereocenters. The maximum Gasteiger partial charge on any atom is 0.241 e. The van der Waals surface area contributed by atoms with Gasteiger partial charge in [-0.05, 0) is 37.3 Å². The highest BCUT2D eigenvalue weighted by Crippen LogP contribution is 2.20. The number of benzene rings is 1. The van der Waals surface area contributed by atoms with Crippen molar-refractivity contribution in [2.24, 2.45) is 11.0 Å². The van der Waals surface area contributed by atoms with Crippen LogP contribution < -0.4 is 5.43 Å². The summed E-state index contributed by atoms with van der Waals surface area (Å²) in [5.74, 6) is 0.401. The van der Waals surface area contributed by atoms with Gasteiger partial charge in [0.1, 0.15) is 5.52 Å². The van der Waals surface area contributed by atoms with E-state index in [9.17, 15) is 4.79 Å². The molecule has 0 radical (unpaired) electrons. The Balaban J connectivity index is 1.55. The normalized spacial score (nSPS) is 20.4. The second-order valence-corrected chi connectivity index (χ2v) is 5.84. The summed E-state index contributed by atoms with van der Waals surface area (Å²) in [6.07, 6.45) is 4.94. The second kappa shape index (κ2) is 6.68. The maximum absolute atomic E-state index is 11.9. The third-order valence-corrected chi connectivity index (χ3v) is 4.18. The number of rotatable bonds is 4. The number of fused-ring (bicyclic) bond motifs is 1. The lowest BCUT2D eigenvalue weighted by molar-refractivity contribution is -0.121. The molecule has 6 nitrogen and oxygen atoms in total. The number of para-hydroxylation sites is 1. The van der Waals surface area contributed by atoms with Crippen LogP contribution in [0.4, 0.5) is 0 Å². The van der Waals surface area contributed by atoms with E-state index in [1.54, 1.807) is 4.68 Å². The number of hydrazone groups is 1. The zero-order chi connectivity index (χ0) is 15.4. The van der Waals surface area contributed by atoms with Crippen LogP contribution in [-0.2, 0) is 11.3 Å². The molecule has 1 aromatic carbocycles. The number of carbonyl (C=O) groups excluding carboxylic acids is 1. The molecule has 1 fully saturated rings. The molecule has 1 amide bonds. The van der Waals surface area contributed by atoms with Crippen molar-refractivity contribution in [3.8, 4) is 0 Å². The Kier molecular flexibility index (Phi) is 4.46. The van der Waals surface area contributed by atoms with Gasteiger partial charge >= 0.3 is 0 Å². The van der Waals surface area contributed by atoms with Crippen LogP contribution >= 0.6 is 0 Å². The van der Waals surface area contributed by atoms with Crippen LogP contribution in [0, 0.1) is 5.92 Å². The highest BCUT2D eigenvalue weighted by atomic mass is 16.2. The number of nitrogens with zero attached hydrogens (tertiary/aromatic N) is 4. The number of carbonyl (C=O) groups is 1. The smallest absolute Gasteiger partial charge is 0.241 e. The van der Waals surface area contributed by atoms with Gasteiger partial charge in [-0.3, -0.25) is 4.79 Å². The molecule has 2 aromatic rings. The fraction of sp³-hybridized carbons (Fsp3) is 0.500. The lowest BCUT2D eigenvalue weighted by Gasteiger charge is -2.19. The Bertz CT molecular complexity index is 691. The second-order valence-electron chi connectivity index (χ2n) is 5.84. The summed E-state index contributed by atoms with van der Waals surface area (Å²) >= 11 is 0. The summed E-state index contributed by atoms with van der Waals surface area (Å²) in [6.45, 7) is 2.68. The summed E-state index contributed by atoms with van der Waals surface area (Å²) in [7, 11) is 0. The summed E-state index contributed by atoms with van der Waals surface area (Å²) in [5, 5.41) is 12.5. The highest BCUT2D eigenvalue weighted by Gasteiger charge is 2.16. The first kappa shape index (κ1) is 14.7. The molecule has 1 heterocycles. The number of hydrogen-bond donors (Lipinski definition) is 1. The zero-order valence-corrected chi connectivity index (χ0v) is 12.8. The molecule has 0 spiro atoms. The first-order valence-electron chi connectivity index (χ1n) is 7.87. The van der Waals surface area contributed by atoms with E-state index in [1.165, 1.54) is 19.3 Å². The fourth-order valence-electron chi connectivity index (χ4n) is 2.82. The van der Waals surface area contributed by atoms with Gasteiger partial charge < -0.3 is 0 Å². The van der Waals surface area contributed by atoms with Gasteiger partial charge in [0.15, 0.2) is 0 Å². The summed E-state index contributed by atoms with van der Waals surface area (Å²) < 4.78 is 1.76. The van der Waals surface area contributed by atoms with Crippen LogP contribution in [0.15, 0.2) is 29.4 Å². The van der Waals surface area contributed by atoms with Gasteiger partial charge in [-0.25, -0.2) is 10.1 Å². The molecule has 116 valence electrons. The van der Waals surface area contributed by atoms with E-state index < -0.39 is 0 Å². The molecule has 0 saturated heterocycles. The van der Waals surface area contributed by atoms with Crippen molar-refractivity contribution < 1.29 is 4.79 Å². The van der Waals surface area contributed by atoms with Gasteiger partial charge in [-0.15, -0.1) is 5.10 Å². The molecule has 0 aliphatic heterocycles. The van der Waals surface area contributed by atoms with Crippen molar-refractivity contribution in [3.05, 3.63) is 24.3 Å². The lowest BCUT2D eigenvalue weighted by Crippen LogP contribution is -2.25. The van der Waals surface area contributed by atoms with Gasteiger partial charge in [-0.2, -0.15) is 5.10 Å².